The summed E-state index contributed by atoms with van der Waals surface area (Å²) in [5.74, 6) is -0.600. The molecule has 1 fully saturated rings. The van der Waals surface area contributed by atoms with Crippen molar-refractivity contribution in [3.8, 4) is 0 Å². The molecule has 0 aromatic heterocycles. The fourth-order valence-corrected chi connectivity index (χ4v) is 4.87. The van der Waals surface area contributed by atoms with Gasteiger partial charge >= 0.3 is 6.09 Å². The predicted octanol–water partition coefficient (Wildman–Crippen LogP) is 4.90. The highest BCUT2D eigenvalue weighted by Crippen LogP contribution is 2.34. The number of benzene rings is 2. The smallest absolute Gasteiger partial charge is 0.408 e. The normalized spacial score (nSPS) is 14.6. The first kappa shape index (κ1) is 33.2. The van der Waals surface area contributed by atoms with Gasteiger partial charge in [-0.25, -0.2) is 4.79 Å². The van der Waals surface area contributed by atoms with Gasteiger partial charge in [-0.15, -0.1) is 0 Å². The van der Waals surface area contributed by atoms with Gasteiger partial charge in [-0.05, 0) is 69.4 Å². The topological polar surface area (TPSA) is 117 Å². The van der Waals surface area contributed by atoms with E-state index in [9.17, 15) is 19.2 Å². The van der Waals surface area contributed by atoms with Crippen molar-refractivity contribution in [2.75, 3.05) is 31.3 Å². The average molecular weight is 622 g/mol. The lowest BCUT2D eigenvalue weighted by atomic mass is 9.78. The van der Waals surface area contributed by atoms with Crippen LogP contribution in [0.25, 0.3) is 0 Å². The van der Waals surface area contributed by atoms with E-state index in [1.54, 1.807) is 56.0 Å². The minimum Gasteiger partial charge on any atom is -0.444 e. The summed E-state index contributed by atoms with van der Waals surface area (Å²) in [6.45, 7) is 7.53. The molecule has 0 bridgehead atoms. The highest BCUT2D eigenvalue weighted by atomic mass is 35.5. The second-order valence-corrected chi connectivity index (χ2v) is 11.9. The Labute approximate surface area is 256 Å². The average Bonchev–Trinajstić information content (AvgIpc) is 2.96. The number of piperidine rings is 1. The Morgan fingerprint density at radius 1 is 1.05 bits per heavy atom. The van der Waals surface area contributed by atoms with Crippen molar-refractivity contribution in [2.45, 2.75) is 59.1 Å². The van der Waals surface area contributed by atoms with Gasteiger partial charge in [0.1, 0.15) is 12.1 Å². The van der Waals surface area contributed by atoms with Gasteiger partial charge in [0.15, 0.2) is 0 Å². The van der Waals surface area contributed by atoms with Crippen molar-refractivity contribution in [1.82, 2.24) is 15.5 Å². The monoisotopic (exact) mass is 620 g/mol. The van der Waals surface area contributed by atoms with Crippen LogP contribution >= 0.6 is 23.2 Å². The molecule has 42 heavy (non-hydrogen) atoms. The minimum absolute atomic E-state index is 0.103. The van der Waals surface area contributed by atoms with Crippen LogP contribution < -0.4 is 15.7 Å². The van der Waals surface area contributed by atoms with E-state index < -0.39 is 17.1 Å². The van der Waals surface area contributed by atoms with Crippen molar-refractivity contribution in [1.29, 1.82) is 0 Å². The lowest BCUT2D eigenvalue weighted by Crippen LogP contribution is -2.54. The fraction of sp³-hybridized carbons (Fsp3) is 0.467. The second kappa shape index (κ2) is 14.7. The Balaban J connectivity index is 1.71. The van der Waals surface area contributed by atoms with E-state index >= 15 is 0 Å². The van der Waals surface area contributed by atoms with Crippen LogP contribution in [-0.2, 0) is 36.9 Å². The molecule has 2 aromatic rings. The van der Waals surface area contributed by atoms with Gasteiger partial charge in [-0.3, -0.25) is 19.2 Å². The van der Waals surface area contributed by atoms with E-state index in [1.807, 2.05) is 19.1 Å². The van der Waals surface area contributed by atoms with Gasteiger partial charge in [-0.1, -0.05) is 54.4 Å². The van der Waals surface area contributed by atoms with Crippen LogP contribution in [0.5, 0.6) is 0 Å². The lowest BCUT2D eigenvalue weighted by molar-refractivity contribution is -0.145. The molecule has 3 rings (SSSR count). The van der Waals surface area contributed by atoms with Crippen LogP contribution in [0.1, 0.15) is 51.7 Å². The summed E-state index contributed by atoms with van der Waals surface area (Å²) < 4.78 is 5.19. The first-order valence-electron chi connectivity index (χ1n) is 13.8. The molecule has 1 aliphatic rings. The van der Waals surface area contributed by atoms with Gasteiger partial charge in [-0.2, -0.15) is 5.06 Å². The summed E-state index contributed by atoms with van der Waals surface area (Å²) in [4.78, 5) is 57.9. The first-order valence-corrected chi connectivity index (χ1v) is 14.6. The molecule has 2 N–H and O–H groups in total. The molecule has 0 saturated carbocycles. The highest BCUT2D eigenvalue weighted by molar-refractivity contribution is 6.42. The summed E-state index contributed by atoms with van der Waals surface area (Å²) in [7, 11) is 0. The standard InChI is InChI=1S/C30H38Cl2N4O6/c1-5-21-9-11-23(12-10-21)36(20-37)41-19-30(27(39)33-17-22-7-6-8-24(31)26(22)32)13-15-35(16-14-30)25(38)18-34-28(40)42-29(2,3)4/h6-12,20H,5,13-19H2,1-4H3,(H,33,39)(H,34,40). The van der Waals surface area contributed by atoms with Crippen LogP contribution in [0, 0.1) is 5.41 Å². The molecule has 0 radical (unpaired) electrons. The van der Waals surface area contributed by atoms with Gasteiger partial charge in [0.25, 0.3) is 0 Å². The SMILES string of the molecule is CCc1ccc(N(C=O)OCC2(C(=O)NCc3cccc(Cl)c3Cl)CCN(C(=O)CNC(=O)OC(C)(C)C)CC2)cc1. The number of alkyl carbamates (subject to hydrolysis) is 1. The lowest BCUT2D eigenvalue weighted by Gasteiger charge is -2.40. The molecule has 12 heteroatoms. The number of carbonyl (C=O) groups is 4. The Morgan fingerprint density at radius 2 is 1.71 bits per heavy atom. The number of amides is 4. The van der Waals surface area contributed by atoms with E-state index in [-0.39, 0.29) is 57.4 Å². The quantitative estimate of drug-likeness (QED) is 0.272. The van der Waals surface area contributed by atoms with Gasteiger partial charge in [0, 0.05) is 19.6 Å². The molecule has 0 aliphatic carbocycles. The van der Waals surface area contributed by atoms with E-state index in [1.165, 1.54) is 0 Å². The number of anilines is 1. The fourth-order valence-electron chi connectivity index (χ4n) is 4.48. The number of ether oxygens (including phenoxy) is 1. The van der Waals surface area contributed by atoms with Crippen LogP contribution in [0.15, 0.2) is 42.5 Å². The van der Waals surface area contributed by atoms with Gasteiger partial charge in [0.05, 0.1) is 27.8 Å². The van der Waals surface area contributed by atoms with E-state index in [2.05, 4.69) is 10.6 Å². The Hall–Kier alpha value is -3.34. The van der Waals surface area contributed by atoms with E-state index in [0.717, 1.165) is 17.0 Å². The van der Waals surface area contributed by atoms with E-state index in [4.69, 9.17) is 32.8 Å². The van der Waals surface area contributed by atoms with Crippen LogP contribution in [0.4, 0.5) is 10.5 Å². The molecule has 0 atom stereocenters. The maximum absolute atomic E-state index is 13.7. The van der Waals surface area contributed by atoms with Crippen molar-refractivity contribution >= 4 is 53.2 Å². The van der Waals surface area contributed by atoms with Gasteiger partial charge < -0.3 is 20.3 Å². The van der Waals surface area contributed by atoms with Crippen LogP contribution in [0.2, 0.25) is 10.0 Å². The Kier molecular flexibility index (Phi) is 11.6. The maximum Gasteiger partial charge on any atom is 0.408 e. The summed E-state index contributed by atoms with van der Waals surface area (Å²) in [5.41, 5.74) is 0.557. The molecular weight excluding hydrogens is 583 g/mol. The third kappa shape index (κ3) is 9.08. The van der Waals surface area contributed by atoms with Crippen LogP contribution in [0.3, 0.4) is 0 Å². The number of rotatable bonds is 11. The van der Waals surface area contributed by atoms with Crippen molar-refractivity contribution in [2.24, 2.45) is 5.41 Å². The summed E-state index contributed by atoms with van der Waals surface area (Å²) >= 11 is 12.4. The molecule has 228 valence electrons. The Morgan fingerprint density at radius 3 is 2.31 bits per heavy atom. The number of hydrogen-bond donors (Lipinski definition) is 2. The number of halogens is 2. The zero-order valence-electron chi connectivity index (χ0n) is 24.4. The first-order chi connectivity index (χ1) is 19.9. The Bertz CT molecular complexity index is 1260. The predicted molar refractivity (Wildman–Crippen MR) is 161 cm³/mol. The molecule has 1 saturated heterocycles. The molecule has 2 aromatic carbocycles. The van der Waals surface area contributed by atoms with E-state index in [0.29, 0.717) is 27.7 Å². The van der Waals surface area contributed by atoms with Crippen molar-refractivity contribution < 1.29 is 28.8 Å². The molecule has 0 unspecified atom stereocenters. The van der Waals surface area contributed by atoms with Crippen molar-refractivity contribution in [3.05, 3.63) is 63.6 Å². The number of nitrogens with zero attached hydrogens (tertiary/aromatic N) is 2. The number of likely N-dealkylation sites (tertiary alicyclic amines) is 1. The third-order valence-electron chi connectivity index (χ3n) is 6.98. The number of hydrogen-bond acceptors (Lipinski definition) is 6. The number of carbonyl (C=O) groups excluding carboxylic acids is 4. The number of aryl methyl sites for hydroxylation is 1. The van der Waals surface area contributed by atoms with Crippen LogP contribution in [-0.4, -0.2) is 61.1 Å². The minimum atomic E-state index is -1.05. The zero-order chi connectivity index (χ0) is 30.9. The van der Waals surface area contributed by atoms with Gasteiger partial charge in [0.2, 0.25) is 18.2 Å². The summed E-state index contributed by atoms with van der Waals surface area (Å²) in [6.07, 6.45) is 1.25. The molecule has 4 amide bonds. The van der Waals surface area contributed by atoms with Crippen molar-refractivity contribution in [3.63, 3.8) is 0 Å². The maximum atomic E-state index is 13.7. The molecule has 1 aliphatic heterocycles. The summed E-state index contributed by atoms with van der Waals surface area (Å²) in [5, 5.41) is 7.24. The zero-order valence-corrected chi connectivity index (χ0v) is 25.9. The molecule has 1 heterocycles. The largest absolute Gasteiger partial charge is 0.444 e. The molecule has 10 nitrogen and oxygen atoms in total. The molecular formula is C30H38Cl2N4O6. The summed E-state index contributed by atoms with van der Waals surface area (Å²) in [6, 6.07) is 12.5. The highest BCUT2D eigenvalue weighted by Gasteiger charge is 2.43. The molecule has 0 spiro atoms. The third-order valence-corrected chi connectivity index (χ3v) is 7.84. The second-order valence-electron chi connectivity index (χ2n) is 11.1. The number of nitrogens with one attached hydrogen (secondary N) is 2. The number of hydroxylamine groups is 1.